The van der Waals surface area contributed by atoms with E-state index in [0.29, 0.717) is 17.5 Å². The molecule has 0 bridgehead atoms. The van der Waals surface area contributed by atoms with Crippen molar-refractivity contribution >= 4 is 17.5 Å². The van der Waals surface area contributed by atoms with Crippen molar-refractivity contribution in [3.8, 4) is 0 Å². The molecule has 0 spiro atoms. The highest BCUT2D eigenvalue weighted by Gasteiger charge is 2.14. The van der Waals surface area contributed by atoms with Gasteiger partial charge in [-0.2, -0.15) is 4.98 Å². The highest BCUT2D eigenvalue weighted by Crippen LogP contribution is 2.22. The Labute approximate surface area is 134 Å². The predicted molar refractivity (Wildman–Crippen MR) is 87.1 cm³/mol. The molecule has 0 amide bonds. The molecule has 2 aromatic rings. The predicted octanol–water partition coefficient (Wildman–Crippen LogP) is 4.19. The number of aromatic nitrogens is 2. The van der Waals surface area contributed by atoms with Gasteiger partial charge in [-0.05, 0) is 31.9 Å². The van der Waals surface area contributed by atoms with Gasteiger partial charge in [0.2, 0.25) is 5.95 Å². The molecule has 6 heteroatoms. The summed E-state index contributed by atoms with van der Waals surface area (Å²) < 4.78 is 26.3. The van der Waals surface area contributed by atoms with Gasteiger partial charge in [-0.25, -0.2) is 13.8 Å². The molecular formula is C17H20F2N4. The molecule has 23 heavy (non-hydrogen) atoms. The van der Waals surface area contributed by atoms with Crippen LogP contribution in [-0.4, -0.2) is 23.1 Å². The minimum Gasteiger partial charge on any atom is -0.341 e. The summed E-state index contributed by atoms with van der Waals surface area (Å²) in [5.41, 5.74) is 1.30. The molecule has 1 saturated heterocycles. The van der Waals surface area contributed by atoms with Crippen molar-refractivity contribution in [2.45, 2.75) is 32.6 Å². The standard InChI is InChI=1S/C17H20F2N4/c1-12-10-16(21-13-6-7-14(18)15(19)11-13)22-17(20-12)23-8-4-2-3-5-9-23/h6-7,10-11H,2-5,8-9H2,1H3,(H,20,21,22). The molecule has 0 unspecified atom stereocenters. The van der Waals surface area contributed by atoms with Crippen LogP contribution in [0.2, 0.25) is 0 Å². The Hall–Kier alpha value is -2.24. The maximum atomic E-state index is 13.3. The van der Waals surface area contributed by atoms with Crippen molar-refractivity contribution in [3.05, 3.63) is 41.6 Å². The highest BCUT2D eigenvalue weighted by molar-refractivity contribution is 5.57. The van der Waals surface area contributed by atoms with E-state index in [9.17, 15) is 8.78 Å². The quantitative estimate of drug-likeness (QED) is 0.921. The maximum Gasteiger partial charge on any atom is 0.227 e. The Bertz CT molecular complexity index is 682. The molecule has 1 aliphatic heterocycles. The fourth-order valence-electron chi connectivity index (χ4n) is 2.75. The molecule has 1 N–H and O–H groups in total. The monoisotopic (exact) mass is 318 g/mol. The van der Waals surface area contributed by atoms with E-state index >= 15 is 0 Å². The van der Waals surface area contributed by atoms with Crippen LogP contribution in [0, 0.1) is 18.6 Å². The number of nitrogens with one attached hydrogen (secondary N) is 1. The van der Waals surface area contributed by atoms with Crippen LogP contribution < -0.4 is 10.2 Å². The molecule has 122 valence electrons. The van der Waals surface area contributed by atoms with Crippen LogP contribution in [-0.2, 0) is 0 Å². The van der Waals surface area contributed by atoms with Crippen molar-refractivity contribution in [2.24, 2.45) is 0 Å². The van der Waals surface area contributed by atoms with E-state index in [0.717, 1.165) is 43.8 Å². The molecule has 1 aromatic heterocycles. The Kier molecular flexibility index (Phi) is 4.69. The fraction of sp³-hybridized carbons (Fsp3) is 0.412. The zero-order valence-corrected chi connectivity index (χ0v) is 13.1. The minimum absolute atomic E-state index is 0.462. The van der Waals surface area contributed by atoms with Gasteiger partial charge in [0, 0.05) is 36.6 Å². The summed E-state index contributed by atoms with van der Waals surface area (Å²) in [6, 6.07) is 5.50. The van der Waals surface area contributed by atoms with Crippen molar-refractivity contribution in [2.75, 3.05) is 23.3 Å². The number of hydrogen-bond donors (Lipinski definition) is 1. The second-order valence-corrected chi connectivity index (χ2v) is 5.85. The van der Waals surface area contributed by atoms with Gasteiger partial charge in [-0.3, -0.25) is 0 Å². The normalized spacial score (nSPS) is 15.3. The number of halogens is 2. The average Bonchev–Trinajstić information content (AvgIpc) is 2.80. The summed E-state index contributed by atoms with van der Waals surface area (Å²) in [4.78, 5) is 11.2. The molecule has 0 atom stereocenters. The van der Waals surface area contributed by atoms with Crippen molar-refractivity contribution < 1.29 is 8.78 Å². The van der Waals surface area contributed by atoms with Gasteiger partial charge in [-0.1, -0.05) is 12.8 Å². The molecule has 0 aliphatic carbocycles. The summed E-state index contributed by atoms with van der Waals surface area (Å²) in [5, 5.41) is 3.02. The summed E-state index contributed by atoms with van der Waals surface area (Å²) in [6.07, 6.45) is 4.76. The van der Waals surface area contributed by atoms with Gasteiger partial charge in [0.05, 0.1) is 0 Å². The molecule has 1 fully saturated rings. The first-order valence-corrected chi connectivity index (χ1v) is 7.94. The molecule has 0 radical (unpaired) electrons. The minimum atomic E-state index is -0.881. The molecule has 3 rings (SSSR count). The van der Waals surface area contributed by atoms with Crippen molar-refractivity contribution in [1.82, 2.24) is 9.97 Å². The molecule has 0 saturated carbocycles. The topological polar surface area (TPSA) is 41.1 Å². The number of aryl methyl sites for hydroxylation is 1. The van der Waals surface area contributed by atoms with E-state index in [4.69, 9.17) is 0 Å². The highest BCUT2D eigenvalue weighted by atomic mass is 19.2. The van der Waals surface area contributed by atoms with Crippen LogP contribution in [0.5, 0.6) is 0 Å². The second kappa shape index (κ2) is 6.89. The number of rotatable bonds is 3. The van der Waals surface area contributed by atoms with Crippen molar-refractivity contribution in [3.63, 3.8) is 0 Å². The SMILES string of the molecule is Cc1cc(Nc2ccc(F)c(F)c2)nc(N2CCCCCC2)n1. The average molecular weight is 318 g/mol. The summed E-state index contributed by atoms with van der Waals surface area (Å²) in [7, 11) is 0. The molecule has 4 nitrogen and oxygen atoms in total. The first-order valence-electron chi connectivity index (χ1n) is 7.94. The molecular weight excluding hydrogens is 298 g/mol. The van der Waals surface area contributed by atoms with Gasteiger partial charge in [0.1, 0.15) is 5.82 Å². The lowest BCUT2D eigenvalue weighted by molar-refractivity contribution is 0.509. The largest absolute Gasteiger partial charge is 0.341 e. The molecule has 1 aliphatic rings. The van der Waals surface area contributed by atoms with E-state index in [2.05, 4.69) is 20.2 Å². The first kappa shape index (κ1) is 15.6. The van der Waals surface area contributed by atoms with Crippen LogP contribution in [0.15, 0.2) is 24.3 Å². The lowest BCUT2D eigenvalue weighted by atomic mass is 10.2. The lowest BCUT2D eigenvalue weighted by Crippen LogP contribution is -2.26. The van der Waals surface area contributed by atoms with E-state index in [-0.39, 0.29) is 0 Å². The van der Waals surface area contributed by atoms with Crippen LogP contribution in [0.1, 0.15) is 31.4 Å². The van der Waals surface area contributed by atoms with Gasteiger partial charge < -0.3 is 10.2 Å². The fourth-order valence-corrected chi connectivity index (χ4v) is 2.75. The van der Waals surface area contributed by atoms with Gasteiger partial charge in [-0.15, -0.1) is 0 Å². The van der Waals surface area contributed by atoms with Crippen LogP contribution in [0.25, 0.3) is 0 Å². The number of anilines is 3. The summed E-state index contributed by atoms with van der Waals surface area (Å²) in [5.74, 6) is -0.465. The van der Waals surface area contributed by atoms with E-state index in [1.54, 1.807) is 6.07 Å². The third-order valence-electron chi connectivity index (χ3n) is 3.92. The zero-order valence-electron chi connectivity index (χ0n) is 13.1. The van der Waals surface area contributed by atoms with E-state index < -0.39 is 11.6 Å². The lowest BCUT2D eigenvalue weighted by Gasteiger charge is -2.21. The number of benzene rings is 1. The van der Waals surface area contributed by atoms with Gasteiger partial charge in [0.15, 0.2) is 11.6 Å². The van der Waals surface area contributed by atoms with Crippen LogP contribution >= 0.6 is 0 Å². The first-order chi connectivity index (χ1) is 11.1. The Morgan fingerprint density at radius 3 is 2.39 bits per heavy atom. The third-order valence-corrected chi connectivity index (χ3v) is 3.92. The number of hydrogen-bond acceptors (Lipinski definition) is 4. The van der Waals surface area contributed by atoms with E-state index in [1.807, 2.05) is 6.92 Å². The van der Waals surface area contributed by atoms with Gasteiger partial charge in [0.25, 0.3) is 0 Å². The van der Waals surface area contributed by atoms with E-state index in [1.165, 1.54) is 18.9 Å². The summed E-state index contributed by atoms with van der Waals surface area (Å²) >= 11 is 0. The smallest absolute Gasteiger partial charge is 0.227 e. The number of nitrogens with zero attached hydrogens (tertiary/aromatic N) is 3. The van der Waals surface area contributed by atoms with Gasteiger partial charge >= 0.3 is 0 Å². The van der Waals surface area contributed by atoms with Crippen LogP contribution in [0.4, 0.5) is 26.2 Å². The summed E-state index contributed by atoms with van der Waals surface area (Å²) in [6.45, 7) is 3.81. The Morgan fingerprint density at radius 1 is 0.957 bits per heavy atom. The molecule has 1 aromatic carbocycles. The molecule has 2 heterocycles. The Morgan fingerprint density at radius 2 is 1.70 bits per heavy atom. The zero-order chi connectivity index (χ0) is 16.2. The third kappa shape index (κ3) is 3.94. The van der Waals surface area contributed by atoms with Crippen molar-refractivity contribution in [1.29, 1.82) is 0 Å². The Balaban J connectivity index is 1.83. The second-order valence-electron chi connectivity index (χ2n) is 5.85. The maximum absolute atomic E-state index is 13.3. The van der Waals surface area contributed by atoms with Crippen LogP contribution in [0.3, 0.4) is 0 Å².